The molecule has 0 N–H and O–H groups in total. The van der Waals surface area contributed by atoms with Gasteiger partial charge in [-0.25, -0.2) is 4.90 Å². The van der Waals surface area contributed by atoms with E-state index in [2.05, 4.69) is 10.2 Å². The van der Waals surface area contributed by atoms with Crippen LogP contribution in [0.15, 0.2) is 36.7 Å². The molecule has 1 aromatic heterocycles. The second-order valence-corrected chi connectivity index (χ2v) is 6.16. The molecule has 0 spiro atoms. The highest BCUT2D eigenvalue weighted by atomic mass is 16.2. The van der Waals surface area contributed by atoms with Crippen molar-refractivity contribution in [3.05, 3.63) is 53.3 Å². The summed E-state index contributed by atoms with van der Waals surface area (Å²) in [5, 5.41) is 7.32. The third kappa shape index (κ3) is 2.57. The van der Waals surface area contributed by atoms with Gasteiger partial charge in [0.25, 0.3) is 17.7 Å². The third-order valence-corrected chi connectivity index (χ3v) is 4.61. The van der Waals surface area contributed by atoms with Crippen molar-refractivity contribution in [1.82, 2.24) is 15.1 Å². The molecule has 126 valence electrons. The smallest absolute Gasteiger partial charge is 0.267 e. The van der Waals surface area contributed by atoms with Crippen LogP contribution in [-0.2, 0) is 0 Å². The maximum Gasteiger partial charge on any atom is 0.267 e. The van der Waals surface area contributed by atoms with Crippen LogP contribution in [0.2, 0.25) is 0 Å². The predicted molar refractivity (Wildman–Crippen MR) is 89.4 cm³/mol. The number of piperidine rings is 1. The van der Waals surface area contributed by atoms with E-state index in [-0.39, 0.29) is 17.0 Å². The van der Waals surface area contributed by atoms with Crippen molar-refractivity contribution in [2.45, 2.75) is 19.3 Å². The van der Waals surface area contributed by atoms with Crippen LogP contribution in [0.4, 0.5) is 5.69 Å². The standard InChI is InChI=1S/C18H16N4O3/c23-16(21-8-2-1-3-9-21)12-4-6-13(7-5-12)22-17(24)14-10-19-20-11-15(14)18(22)25/h4-7,10-11H,1-3,8-9H2. The summed E-state index contributed by atoms with van der Waals surface area (Å²) in [6.45, 7) is 1.55. The van der Waals surface area contributed by atoms with Crippen molar-refractivity contribution in [1.29, 1.82) is 0 Å². The number of nitrogens with zero attached hydrogens (tertiary/aromatic N) is 4. The average Bonchev–Trinajstić information content (AvgIpc) is 2.93. The molecule has 0 aliphatic carbocycles. The number of carbonyl (C=O) groups excluding carboxylic acids is 3. The first-order chi connectivity index (χ1) is 12.2. The Hall–Kier alpha value is -3.09. The quantitative estimate of drug-likeness (QED) is 0.782. The molecule has 7 heteroatoms. The molecule has 0 unspecified atom stereocenters. The summed E-state index contributed by atoms with van der Waals surface area (Å²) in [7, 11) is 0. The predicted octanol–water partition coefficient (Wildman–Crippen LogP) is 1.90. The number of carbonyl (C=O) groups is 3. The van der Waals surface area contributed by atoms with Gasteiger partial charge in [0.05, 0.1) is 29.2 Å². The van der Waals surface area contributed by atoms with Crippen LogP contribution in [0.1, 0.15) is 50.3 Å². The molecular formula is C18H16N4O3. The number of hydrogen-bond donors (Lipinski definition) is 0. The van der Waals surface area contributed by atoms with Gasteiger partial charge >= 0.3 is 0 Å². The van der Waals surface area contributed by atoms with Gasteiger partial charge in [-0.2, -0.15) is 10.2 Å². The van der Waals surface area contributed by atoms with Crippen LogP contribution < -0.4 is 4.90 Å². The zero-order chi connectivity index (χ0) is 17.4. The van der Waals surface area contributed by atoms with Gasteiger partial charge in [-0.15, -0.1) is 0 Å². The van der Waals surface area contributed by atoms with Crippen LogP contribution in [0.25, 0.3) is 0 Å². The summed E-state index contributed by atoms with van der Waals surface area (Å²) in [4.78, 5) is 40.3. The highest BCUT2D eigenvalue weighted by Gasteiger charge is 2.37. The first-order valence-corrected chi connectivity index (χ1v) is 8.25. The maximum absolute atomic E-state index is 12.5. The topological polar surface area (TPSA) is 83.5 Å². The highest BCUT2D eigenvalue weighted by Crippen LogP contribution is 2.27. The van der Waals surface area contributed by atoms with E-state index < -0.39 is 11.8 Å². The minimum absolute atomic E-state index is 0.0120. The Balaban J connectivity index is 1.58. The summed E-state index contributed by atoms with van der Waals surface area (Å²) >= 11 is 0. The number of anilines is 1. The number of aromatic nitrogens is 2. The van der Waals surface area contributed by atoms with Gasteiger partial charge in [0, 0.05) is 18.7 Å². The third-order valence-electron chi connectivity index (χ3n) is 4.61. The van der Waals surface area contributed by atoms with Gasteiger partial charge < -0.3 is 4.90 Å². The van der Waals surface area contributed by atoms with E-state index in [1.807, 2.05) is 4.90 Å². The van der Waals surface area contributed by atoms with Gasteiger partial charge in [-0.05, 0) is 43.5 Å². The lowest BCUT2D eigenvalue weighted by Gasteiger charge is -2.26. The van der Waals surface area contributed by atoms with Gasteiger partial charge in [0.15, 0.2) is 0 Å². The molecular weight excluding hydrogens is 320 g/mol. The Morgan fingerprint density at radius 1 is 0.840 bits per heavy atom. The van der Waals surface area contributed by atoms with Crippen molar-refractivity contribution in [3.8, 4) is 0 Å². The van der Waals surface area contributed by atoms with E-state index >= 15 is 0 Å². The normalized spacial score (nSPS) is 17.0. The Morgan fingerprint density at radius 3 is 1.96 bits per heavy atom. The molecule has 1 fully saturated rings. The van der Waals surface area contributed by atoms with Gasteiger partial charge in [0.1, 0.15) is 0 Å². The fourth-order valence-corrected chi connectivity index (χ4v) is 3.26. The number of amides is 3. The maximum atomic E-state index is 12.5. The van der Waals surface area contributed by atoms with E-state index in [9.17, 15) is 14.4 Å². The molecule has 7 nitrogen and oxygen atoms in total. The molecule has 1 aromatic carbocycles. The largest absolute Gasteiger partial charge is 0.339 e. The van der Waals surface area contributed by atoms with E-state index in [0.29, 0.717) is 11.3 Å². The monoisotopic (exact) mass is 336 g/mol. The molecule has 4 rings (SSSR count). The Kier molecular flexibility index (Phi) is 3.76. The van der Waals surface area contributed by atoms with Gasteiger partial charge in [-0.3, -0.25) is 14.4 Å². The number of fused-ring (bicyclic) bond motifs is 1. The van der Waals surface area contributed by atoms with Crippen LogP contribution in [0.5, 0.6) is 0 Å². The Morgan fingerprint density at radius 2 is 1.40 bits per heavy atom. The molecule has 1 saturated heterocycles. The molecule has 0 atom stereocenters. The summed E-state index contributed by atoms with van der Waals surface area (Å²) in [5.74, 6) is -0.864. The van der Waals surface area contributed by atoms with Crippen molar-refractivity contribution >= 4 is 23.4 Å². The van der Waals surface area contributed by atoms with Crippen LogP contribution in [0, 0.1) is 0 Å². The molecule has 3 amide bonds. The van der Waals surface area contributed by atoms with Crippen LogP contribution in [0.3, 0.4) is 0 Å². The van der Waals surface area contributed by atoms with Gasteiger partial charge in [-0.1, -0.05) is 0 Å². The number of likely N-dealkylation sites (tertiary alicyclic amines) is 1. The van der Waals surface area contributed by atoms with E-state index in [1.165, 1.54) is 12.4 Å². The Labute approximate surface area is 144 Å². The van der Waals surface area contributed by atoms with E-state index in [4.69, 9.17) is 0 Å². The first kappa shape index (κ1) is 15.4. The molecule has 2 aliphatic rings. The summed E-state index contributed by atoms with van der Waals surface area (Å²) < 4.78 is 0. The summed E-state index contributed by atoms with van der Waals surface area (Å²) in [6, 6.07) is 6.57. The van der Waals surface area contributed by atoms with Crippen molar-refractivity contribution in [2.24, 2.45) is 0 Å². The second kappa shape index (κ2) is 6.08. The van der Waals surface area contributed by atoms with Crippen LogP contribution >= 0.6 is 0 Å². The van der Waals surface area contributed by atoms with Crippen molar-refractivity contribution in [3.63, 3.8) is 0 Å². The lowest BCUT2D eigenvalue weighted by atomic mass is 10.1. The fraction of sp³-hybridized carbons (Fsp3) is 0.278. The zero-order valence-electron chi connectivity index (χ0n) is 13.5. The summed E-state index contributed by atoms with van der Waals surface area (Å²) in [6.07, 6.45) is 5.81. The van der Waals surface area contributed by atoms with Crippen molar-refractivity contribution < 1.29 is 14.4 Å². The molecule has 2 aromatic rings. The van der Waals surface area contributed by atoms with E-state index in [1.54, 1.807) is 24.3 Å². The van der Waals surface area contributed by atoms with E-state index in [0.717, 1.165) is 37.3 Å². The van der Waals surface area contributed by atoms with Gasteiger partial charge in [0.2, 0.25) is 0 Å². The minimum atomic E-state index is -0.426. The zero-order valence-corrected chi connectivity index (χ0v) is 13.5. The second-order valence-electron chi connectivity index (χ2n) is 6.16. The molecule has 2 aliphatic heterocycles. The molecule has 25 heavy (non-hydrogen) atoms. The lowest BCUT2D eigenvalue weighted by molar-refractivity contribution is 0.0724. The summed E-state index contributed by atoms with van der Waals surface area (Å²) in [5.41, 5.74) is 1.48. The van der Waals surface area contributed by atoms with Crippen LogP contribution in [-0.4, -0.2) is 45.9 Å². The first-order valence-electron chi connectivity index (χ1n) is 8.25. The molecule has 0 radical (unpaired) electrons. The Bertz CT molecular complexity index is 822. The minimum Gasteiger partial charge on any atom is -0.339 e. The number of benzene rings is 1. The SMILES string of the molecule is O=C(c1ccc(N2C(=O)c3cnncc3C2=O)cc1)N1CCCCC1. The number of imide groups is 1. The number of hydrogen-bond acceptors (Lipinski definition) is 5. The fourth-order valence-electron chi connectivity index (χ4n) is 3.26. The average molecular weight is 336 g/mol. The highest BCUT2D eigenvalue weighted by molar-refractivity contribution is 6.34. The molecule has 0 bridgehead atoms. The lowest BCUT2D eigenvalue weighted by Crippen LogP contribution is -2.35. The number of rotatable bonds is 2. The molecule has 0 saturated carbocycles. The molecule has 3 heterocycles. The van der Waals surface area contributed by atoms with Crippen molar-refractivity contribution in [2.75, 3.05) is 18.0 Å².